The molecule has 2 N–H and O–H groups in total. The second-order valence-electron chi connectivity index (χ2n) is 5.02. The highest BCUT2D eigenvalue weighted by molar-refractivity contribution is 5.27. The molecule has 0 spiro atoms. The van der Waals surface area contributed by atoms with Crippen molar-refractivity contribution in [3.8, 4) is 5.75 Å². The highest BCUT2D eigenvalue weighted by atomic mass is 16.5. The van der Waals surface area contributed by atoms with E-state index in [4.69, 9.17) is 4.74 Å². The van der Waals surface area contributed by atoms with Gasteiger partial charge >= 0.3 is 0 Å². The van der Waals surface area contributed by atoms with Gasteiger partial charge in [0, 0.05) is 19.1 Å². The quantitative estimate of drug-likeness (QED) is 0.756. The van der Waals surface area contributed by atoms with E-state index < -0.39 is 0 Å². The standard InChI is InChI=1S/C15H24N2O/c1-13-5-4-7-15(11-13)18-10-9-16-12-14-6-2-3-8-17-14/h4-5,7,11,14,16-17H,2-3,6,8-10,12H2,1H3. The molecule has 1 saturated heterocycles. The van der Waals surface area contributed by atoms with E-state index in [1.807, 2.05) is 12.1 Å². The van der Waals surface area contributed by atoms with Crippen molar-refractivity contribution in [2.75, 3.05) is 26.2 Å². The summed E-state index contributed by atoms with van der Waals surface area (Å²) in [5.74, 6) is 0.965. The normalized spacial score (nSPS) is 19.7. The molecule has 2 rings (SSSR count). The maximum Gasteiger partial charge on any atom is 0.119 e. The van der Waals surface area contributed by atoms with E-state index in [1.165, 1.54) is 31.4 Å². The minimum atomic E-state index is 0.651. The Morgan fingerprint density at radius 3 is 3.11 bits per heavy atom. The van der Waals surface area contributed by atoms with Gasteiger partial charge in [-0.25, -0.2) is 0 Å². The van der Waals surface area contributed by atoms with Crippen molar-refractivity contribution < 1.29 is 4.74 Å². The Balaban J connectivity index is 1.55. The Morgan fingerprint density at radius 1 is 1.39 bits per heavy atom. The van der Waals surface area contributed by atoms with Crippen LogP contribution in [0.3, 0.4) is 0 Å². The fraction of sp³-hybridized carbons (Fsp3) is 0.600. The third kappa shape index (κ3) is 4.67. The molecule has 100 valence electrons. The van der Waals surface area contributed by atoms with Crippen molar-refractivity contribution >= 4 is 0 Å². The van der Waals surface area contributed by atoms with Gasteiger partial charge < -0.3 is 15.4 Å². The van der Waals surface area contributed by atoms with Crippen LogP contribution in [0.2, 0.25) is 0 Å². The summed E-state index contributed by atoms with van der Waals surface area (Å²) < 4.78 is 5.69. The second-order valence-corrected chi connectivity index (χ2v) is 5.02. The summed E-state index contributed by atoms with van der Waals surface area (Å²) in [6, 6.07) is 8.85. The summed E-state index contributed by atoms with van der Waals surface area (Å²) in [6.07, 6.45) is 3.98. The summed E-state index contributed by atoms with van der Waals surface area (Å²) >= 11 is 0. The number of nitrogens with one attached hydrogen (secondary N) is 2. The molecule has 0 aliphatic carbocycles. The van der Waals surface area contributed by atoms with Gasteiger partial charge in [0.05, 0.1) is 0 Å². The zero-order valence-corrected chi connectivity index (χ0v) is 11.2. The van der Waals surface area contributed by atoms with E-state index >= 15 is 0 Å². The van der Waals surface area contributed by atoms with Crippen molar-refractivity contribution in [2.45, 2.75) is 32.2 Å². The molecule has 1 unspecified atom stereocenters. The van der Waals surface area contributed by atoms with Gasteiger partial charge in [0.2, 0.25) is 0 Å². The first kappa shape index (κ1) is 13.4. The highest BCUT2D eigenvalue weighted by Gasteiger charge is 2.10. The molecule has 0 radical (unpaired) electrons. The predicted molar refractivity (Wildman–Crippen MR) is 75.2 cm³/mol. The van der Waals surface area contributed by atoms with E-state index in [1.54, 1.807) is 0 Å². The Bertz CT molecular complexity index is 348. The molecule has 0 aromatic heterocycles. The second kappa shape index (κ2) is 7.39. The Labute approximate surface area is 110 Å². The zero-order chi connectivity index (χ0) is 12.6. The largest absolute Gasteiger partial charge is 0.492 e. The topological polar surface area (TPSA) is 33.3 Å². The number of rotatable bonds is 6. The molecular formula is C15H24N2O. The maximum absolute atomic E-state index is 5.69. The van der Waals surface area contributed by atoms with E-state index in [9.17, 15) is 0 Å². The Kier molecular flexibility index (Phi) is 5.49. The molecule has 1 aliphatic rings. The van der Waals surface area contributed by atoms with Gasteiger partial charge in [-0.15, -0.1) is 0 Å². The van der Waals surface area contributed by atoms with Gasteiger partial charge in [0.1, 0.15) is 12.4 Å². The van der Waals surface area contributed by atoms with E-state index in [-0.39, 0.29) is 0 Å². The van der Waals surface area contributed by atoms with Crippen molar-refractivity contribution in [2.24, 2.45) is 0 Å². The molecule has 1 heterocycles. The number of hydrogen-bond acceptors (Lipinski definition) is 3. The number of benzene rings is 1. The number of hydrogen-bond donors (Lipinski definition) is 2. The minimum absolute atomic E-state index is 0.651. The molecule has 18 heavy (non-hydrogen) atoms. The summed E-state index contributed by atoms with van der Waals surface area (Å²) in [5, 5.41) is 6.98. The van der Waals surface area contributed by atoms with Crippen LogP contribution in [0, 0.1) is 6.92 Å². The van der Waals surface area contributed by atoms with Crippen LogP contribution in [0.5, 0.6) is 5.75 Å². The summed E-state index contributed by atoms with van der Waals surface area (Å²) in [7, 11) is 0. The van der Waals surface area contributed by atoms with E-state index in [2.05, 4.69) is 29.7 Å². The molecule has 1 fully saturated rings. The van der Waals surface area contributed by atoms with Crippen LogP contribution >= 0.6 is 0 Å². The molecule has 1 aromatic carbocycles. The van der Waals surface area contributed by atoms with Crippen molar-refractivity contribution in [1.29, 1.82) is 0 Å². The molecule has 0 bridgehead atoms. The molecule has 3 heteroatoms. The summed E-state index contributed by atoms with van der Waals surface area (Å²) in [5.41, 5.74) is 1.24. The van der Waals surface area contributed by atoms with Crippen LogP contribution < -0.4 is 15.4 Å². The minimum Gasteiger partial charge on any atom is -0.492 e. The van der Waals surface area contributed by atoms with Gasteiger partial charge in [-0.1, -0.05) is 18.6 Å². The average molecular weight is 248 g/mol. The lowest BCUT2D eigenvalue weighted by atomic mass is 10.1. The molecular weight excluding hydrogens is 224 g/mol. The third-order valence-electron chi connectivity index (χ3n) is 3.34. The van der Waals surface area contributed by atoms with Gasteiger partial charge in [0.15, 0.2) is 0 Å². The monoisotopic (exact) mass is 248 g/mol. The van der Waals surface area contributed by atoms with Crippen LogP contribution in [0.25, 0.3) is 0 Å². The molecule has 1 aromatic rings. The van der Waals surface area contributed by atoms with E-state index in [0.717, 1.165) is 25.4 Å². The molecule has 0 saturated carbocycles. The van der Waals surface area contributed by atoms with Crippen LogP contribution in [0.15, 0.2) is 24.3 Å². The number of piperidine rings is 1. The van der Waals surface area contributed by atoms with Gasteiger partial charge in [-0.3, -0.25) is 0 Å². The van der Waals surface area contributed by atoms with Crippen LogP contribution in [0.4, 0.5) is 0 Å². The zero-order valence-electron chi connectivity index (χ0n) is 11.2. The molecule has 0 amide bonds. The smallest absolute Gasteiger partial charge is 0.119 e. The van der Waals surface area contributed by atoms with Gasteiger partial charge in [-0.05, 0) is 44.0 Å². The lowest BCUT2D eigenvalue weighted by Gasteiger charge is -2.23. The summed E-state index contributed by atoms with van der Waals surface area (Å²) in [6.45, 7) is 5.95. The van der Waals surface area contributed by atoms with Gasteiger partial charge in [0.25, 0.3) is 0 Å². The molecule has 1 atom stereocenters. The average Bonchev–Trinajstić information content (AvgIpc) is 2.40. The Morgan fingerprint density at radius 2 is 2.33 bits per heavy atom. The predicted octanol–water partition coefficient (Wildman–Crippen LogP) is 2.11. The van der Waals surface area contributed by atoms with Crippen molar-refractivity contribution in [1.82, 2.24) is 10.6 Å². The third-order valence-corrected chi connectivity index (χ3v) is 3.34. The molecule has 1 aliphatic heterocycles. The van der Waals surface area contributed by atoms with E-state index in [0.29, 0.717) is 6.04 Å². The fourth-order valence-corrected chi connectivity index (χ4v) is 2.32. The Hall–Kier alpha value is -1.06. The maximum atomic E-state index is 5.69. The molecule has 3 nitrogen and oxygen atoms in total. The number of aryl methyl sites for hydroxylation is 1. The first-order chi connectivity index (χ1) is 8.84. The lowest BCUT2D eigenvalue weighted by molar-refractivity contribution is 0.304. The highest BCUT2D eigenvalue weighted by Crippen LogP contribution is 2.11. The van der Waals surface area contributed by atoms with Crippen LogP contribution in [0.1, 0.15) is 24.8 Å². The first-order valence-electron chi connectivity index (χ1n) is 6.98. The SMILES string of the molecule is Cc1cccc(OCCNCC2CCCCN2)c1. The van der Waals surface area contributed by atoms with Crippen molar-refractivity contribution in [3.63, 3.8) is 0 Å². The lowest BCUT2D eigenvalue weighted by Crippen LogP contribution is -2.42. The van der Waals surface area contributed by atoms with Crippen LogP contribution in [-0.2, 0) is 0 Å². The van der Waals surface area contributed by atoms with Crippen LogP contribution in [-0.4, -0.2) is 32.3 Å². The summed E-state index contributed by atoms with van der Waals surface area (Å²) in [4.78, 5) is 0. The van der Waals surface area contributed by atoms with Gasteiger partial charge in [-0.2, -0.15) is 0 Å². The first-order valence-corrected chi connectivity index (χ1v) is 6.98. The van der Waals surface area contributed by atoms with Crippen molar-refractivity contribution in [3.05, 3.63) is 29.8 Å². The fourth-order valence-electron chi connectivity index (χ4n) is 2.32. The number of ether oxygens (including phenoxy) is 1.